The van der Waals surface area contributed by atoms with E-state index in [1.165, 1.54) is 0 Å². The first-order valence-electron chi connectivity index (χ1n) is 5.48. The van der Waals surface area contributed by atoms with Crippen molar-refractivity contribution in [3.63, 3.8) is 0 Å². The van der Waals surface area contributed by atoms with Crippen LogP contribution in [0.2, 0.25) is 0 Å². The minimum atomic E-state index is -0.162. The standard InChI is InChI=1S/C13H14BrNO2/c1-7(2)15-13(16)12-8(3)10-6-9(14)4-5-11(10)17-12/h4-7H,1-3H3,(H,15,16). The number of hydrogen-bond acceptors (Lipinski definition) is 2. The molecule has 0 spiro atoms. The van der Waals surface area contributed by atoms with E-state index in [-0.39, 0.29) is 11.9 Å². The van der Waals surface area contributed by atoms with Crippen LogP contribution in [0.3, 0.4) is 0 Å². The lowest BCUT2D eigenvalue weighted by atomic mass is 10.1. The molecule has 0 atom stereocenters. The Hall–Kier alpha value is -1.29. The van der Waals surface area contributed by atoms with Crippen molar-refractivity contribution in [1.29, 1.82) is 0 Å². The van der Waals surface area contributed by atoms with Crippen LogP contribution >= 0.6 is 15.9 Å². The van der Waals surface area contributed by atoms with Crippen molar-refractivity contribution < 1.29 is 9.21 Å². The molecule has 2 rings (SSSR count). The summed E-state index contributed by atoms with van der Waals surface area (Å²) in [5, 5.41) is 3.80. The summed E-state index contributed by atoms with van der Waals surface area (Å²) in [6.07, 6.45) is 0. The van der Waals surface area contributed by atoms with Gasteiger partial charge in [-0.15, -0.1) is 0 Å². The predicted octanol–water partition coefficient (Wildman–Crippen LogP) is 3.64. The normalized spacial score (nSPS) is 11.1. The van der Waals surface area contributed by atoms with E-state index in [1.54, 1.807) is 0 Å². The summed E-state index contributed by atoms with van der Waals surface area (Å²) in [5.41, 5.74) is 1.61. The van der Waals surface area contributed by atoms with E-state index in [2.05, 4.69) is 21.2 Å². The molecule has 3 nitrogen and oxygen atoms in total. The number of rotatable bonds is 2. The summed E-state index contributed by atoms with van der Waals surface area (Å²) in [6, 6.07) is 5.82. The van der Waals surface area contributed by atoms with E-state index in [0.29, 0.717) is 5.76 Å². The third-order valence-corrected chi connectivity index (χ3v) is 3.02. The lowest BCUT2D eigenvalue weighted by molar-refractivity contribution is 0.0916. The summed E-state index contributed by atoms with van der Waals surface area (Å²) in [6.45, 7) is 5.74. The Morgan fingerprint density at radius 3 is 2.76 bits per heavy atom. The molecule has 90 valence electrons. The molecule has 1 heterocycles. The van der Waals surface area contributed by atoms with Gasteiger partial charge in [0.25, 0.3) is 5.91 Å². The third kappa shape index (κ3) is 2.36. The Labute approximate surface area is 108 Å². The molecule has 0 fully saturated rings. The number of carbonyl (C=O) groups excluding carboxylic acids is 1. The fraction of sp³-hybridized carbons (Fsp3) is 0.308. The Balaban J connectivity index is 2.49. The van der Waals surface area contributed by atoms with Crippen molar-refractivity contribution in [2.24, 2.45) is 0 Å². The smallest absolute Gasteiger partial charge is 0.287 e. The van der Waals surface area contributed by atoms with Crippen molar-refractivity contribution in [3.05, 3.63) is 34.0 Å². The van der Waals surface area contributed by atoms with Gasteiger partial charge in [-0.25, -0.2) is 0 Å². The van der Waals surface area contributed by atoms with Gasteiger partial charge in [0.05, 0.1) is 0 Å². The fourth-order valence-corrected chi connectivity index (χ4v) is 2.10. The Bertz CT molecular complexity index is 572. The molecule has 1 N–H and O–H groups in total. The van der Waals surface area contributed by atoms with Crippen LogP contribution in [0.1, 0.15) is 30.0 Å². The number of halogens is 1. The van der Waals surface area contributed by atoms with Gasteiger partial charge in [-0.2, -0.15) is 0 Å². The second-order valence-corrected chi connectivity index (χ2v) is 5.24. The number of hydrogen-bond donors (Lipinski definition) is 1. The highest BCUT2D eigenvalue weighted by atomic mass is 79.9. The summed E-state index contributed by atoms with van der Waals surface area (Å²) in [4.78, 5) is 11.9. The molecule has 0 unspecified atom stereocenters. The zero-order valence-corrected chi connectivity index (χ0v) is 11.6. The Morgan fingerprint density at radius 2 is 2.12 bits per heavy atom. The van der Waals surface area contributed by atoms with E-state index in [4.69, 9.17) is 4.42 Å². The minimum Gasteiger partial charge on any atom is -0.451 e. The zero-order chi connectivity index (χ0) is 12.6. The highest BCUT2D eigenvalue weighted by Gasteiger charge is 2.17. The lowest BCUT2D eigenvalue weighted by Gasteiger charge is -2.06. The predicted molar refractivity (Wildman–Crippen MR) is 71.3 cm³/mol. The monoisotopic (exact) mass is 295 g/mol. The second kappa shape index (κ2) is 4.53. The van der Waals surface area contributed by atoms with Crippen molar-refractivity contribution in [2.75, 3.05) is 0 Å². The molecule has 1 aromatic carbocycles. The van der Waals surface area contributed by atoms with Gasteiger partial charge in [0.2, 0.25) is 0 Å². The number of fused-ring (bicyclic) bond motifs is 1. The van der Waals surface area contributed by atoms with Gasteiger partial charge >= 0.3 is 0 Å². The van der Waals surface area contributed by atoms with Crippen molar-refractivity contribution in [3.8, 4) is 0 Å². The number of carbonyl (C=O) groups is 1. The van der Waals surface area contributed by atoms with Crippen LogP contribution in [0.15, 0.2) is 27.1 Å². The summed E-state index contributed by atoms with van der Waals surface area (Å²) < 4.78 is 6.56. The molecule has 0 saturated heterocycles. The van der Waals surface area contributed by atoms with Gasteiger partial charge in [0.1, 0.15) is 5.58 Å². The molecule has 0 aliphatic carbocycles. The maximum atomic E-state index is 11.9. The molecular weight excluding hydrogens is 282 g/mol. The van der Waals surface area contributed by atoms with Crippen molar-refractivity contribution in [2.45, 2.75) is 26.8 Å². The summed E-state index contributed by atoms with van der Waals surface area (Å²) in [7, 11) is 0. The molecular formula is C13H14BrNO2. The Morgan fingerprint density at radius 1 is 1.41 bits per heavy atom. The number of amides is 1. The maximum Gasteiger partial charge on any atom is 0.287 e. The maximum absolute atomic E-state index is 11.9. The molecule has 0 saturated carbocycles. The van der Waals surface area contributed by atoms with E-state index >= 15 is 0 Å². The van der Waals surface area contributed by atoms with Crippen molar-refractivity contribution >= 4 is 32.8 Å². The molecule has 1 amide bonds. The quantitative estimate of drug-likeness (QED) is 0.919. The molecule has 2 aromatic rings. The molecule has 0 aliphatic rings. The first kappa shape index (κ1) is 12.2. The summed E-state index contributed by atoms with van der Waals surface area (Å²) >= 11 is 3.41. The second-order valence-electron chi connectivity index (χ2n) is 4.32. The molecule has 0 aliphatic heterocycles. The van der Waals surface area contributed by atoms with Gasteiger partial charge in [-0.05, 0) is 39.0 Å². The van der Waals surface area contributed by atoms with Crippen LogP contribution in [0.4, 0.5) is 0 Å². The van der Waals surface area contributed by atoms with Crippen LogP contribution in [-0.4, -0.2) is 11.9 Å². The van der Waals surface area contributed by atoms with Crippen LogP contribution in [0.5, 0.6) is 0 Å². The van der Waals surface area contributed by atoms with E-state index in [0.717, 1.165) is 21.0 Å². The average molecular weight is 296 g/mol. The Kier molecular flexibility index (Phi) is 3.24. The highest BCUT2D eigenvalue weighted by molar-refractivity contribution is 9.10. The molecule has 1 aromatic heterocycles. The van der Waals surface area contributed by atoms with Crippen LogP contribution < -0.4 is 5.32 Å². The summed E-state index contributed by atoms with van der Waals surface area (Å²) in [5.74, 6) is 0.233. The molecule has 0 bridgehead atoms. The van der Waals surface area contributed by atoms with Crippen LogP contribution in [0, 0.1) is 6.92 Å². The van der Waals surface area contributed by atoms with Gasteiger partial charge in [-0.1, -0.05) is 15.9 Å². The van der Waals surface area contributed by atoms with Gasteiger partial charge in [-0.3, -0.25) is 4.79 Å². The molecule has 4 heteroatoms. The van der Waals surface area contributed by atoms with Gasteiger partial charge in [0, 0.05) is 21.5 Å². The zero-order valence-electron chi connectivity index (χ0n) is 10.0. The van der Waals surface area contributed by atoms with Gasteiger partial charge in [0.15, 0.2) is 5.76 Å². The number of nitrogens with one attached hydrogen (secondary N) is 1. The SMILES string of the molecule is Cc1c(C(=O)NC(C)C)oc2ccc(Br)cc12. The fourth-order valence-electron chi connectivity index (χ4n) is 1.74. The van der Waals surface area contributed by atoms with E-state index in [9.17, 15) is 4.79 Å². The lowest BCUT2D eigenvalue weighted by Crippen LogP contribution is -2.30. The first-order valence-corrected chi connectivity index (χ1v) is 6.28. The highest BCUT2D eigenvalue weighted by Crippen LogP contribution is 2.27. The van der Waals surface area contributed by atoms with Crippen molar-refractivity contribution in [1.82, 2.24) is 5.32 Å². The van der Waals surface area contributed by atoms with E-state index in [1.807, 2.05) is 39.0 Å². The largest absolute Gasteiger partial charge is 0.451 e. The van der Waals surface area contributed by atoms with Crippen LogP contribution in [-0.2, 0) is 0 Å². The van der Waals surface area contributed by atoms with Crippen LogP contribution in [0.25, 0.3) is 11.0 Å². The number of furan rings is 1. The minimum absolute atomic E-state index is 0.0989. The first-order chi connectivity index (χ1) is 7.99. The van der Waals surface area contributed by atoms with E-state index < -0.39 is 0 Å². The topological polar surface area (TPSA) is 42.2 Å². The molecule has 0 radical (unpaired) electrons. The number of aryl methyl sites for hydroxylation is 1. The molecule has 17 heavy (non-hydrogen) atoms. The van der Waals surface area contributed by atoms with Gasteiger partial charge < -0.3 is 9.73 Å². The number of benzene rings is 1. The average Bonchev–Trinajstić information content (AvgIpc) is 2.55. The third-order valence-electron chi connectivity index (χ3n) is 2.52.